The van der Waals surface area contributed by atoms with E-state index in [9.17, 15) is 9.59 Å². The summed E-state index contributed by atoms with van der Waals surface area (Å²) >= 11 is 4.64. The van der Waals surface area contributed by atoms with Crippen LogP contribution in [0.25, 0.3) is 10.1 Å². The standard InChI is InChI=1S/C17H12BrNO3S/c1-22-17(21)15-14(12-4-2-3-5-13(12)23-15)19-16(20)10-6-8-11(18)9-7-10/h2-9H,1H3,(H,19,20). The first-order valence-electron chi connectivity index (χ1n) is 6.77. The first-order valence-corrected chi connectivity index (χ1v) is 8.38. The molecular formula is C17H12BrNO3S. The topological polar surface area (TPSA) is 55.4 Å². The molecule has 0 saturated heterocycles. The SMILES string of the molecule is COC(=O)c1sc2ccccc2c1NC(=O)c1ccc(Br)cc1. The van der Waals surface area contributed by atoms with Crippen molar-refractivity contribution in [3.63, 3.8) is 0 Å². The van der Waals surface area contributed by atoms with Gasteiger partial charge in [0.1, 0.15) is 4.88 Å². The highest BCUT2D eigenvalue weighted by Crippen LogP contribution is 2.36. The molecule has 23 heavy (non-hydrogen) atoms. The van der Waals surface area contributed by atoms with E-state index in [0.717, 1.165) is 14.6 Å². The molecule has 1 amide bonds. The third-order valence-corrected chi connectivity index (χ3v) is 4.99. The van der Waals surface area contributed by atoms with Gasteiger partial charge >= 0.3 is 5.97 Å². The second kappa shape index (κ2) is 6.52. The van der Waals surface area contributed by atoms with Gasteiger partial charge in [-0.15, -0.1) is 11.3 Å². The quantitative estimate of drug-likeness (QED) is 0.660. The Morgan fingerprint density at radius 3 is 2.48 bits per heavy atom. The average molecular weight is 390 g/mol. The van der Waals surface area contributed by atoms with E-state index in [2.05, 4.69) is 21.2 Å². The number of carbonyl (C=O) groups is 2. The molecule has 1 aromatic heterocycles. The molecule has 0 aliphatic rings. The van der Waals surface area contributed by atoms with Crippen molar-refractivity contribution >= 4 is 54.9 Å². The zero-order valence-corrected chi connectivity index (χ0v) is 14.5. The van der Waals surface area contributed by atoms with E-state index in [1.54, 1.807) is 24.3 Å². The van der Waals surface area contributed by atoms with Gasteiger partial charge in [0.25, 0.3) is 5.91 Å². The molecule has 0 fully saturated rings. The minimum absolute atomic E-state index is 0.272. The number of rotatable bonds is 3. The highest BCUT2D eigenvalue weighted by molar-refractivity contribution is 9.10. The number of halogens is 1. The van der Waals surface area contributed by atoms with E-state index in [4.69, 9.17) is 4.74 Å². The number of carbonyl (C=O) groups excluding carboxylic acids is 2. The Balaban J connectivity index is 2.02. The van der Waals surface area contributed by atoms with Crippen molar-refractivity contribution in [3.8, 4) is 0 Å². The van der Waals surface area contributed by atoms with Crippen LogP contribution in [0.15, 0.2) is 53.0 Å². The van der Waals surface area contributed by atoms with Gasteiger partial charge in [-0.25, -0.2) is 4.79 Å². The predicted molar refractivity (Wildman–Crippen MR) is 95.3 cm³/mol. The van der Waals surface area contributed by atoms with Crippen molar-refractivity contribution in [2.24, 2.45) is 0 Å². The molecule has 0 aliphatic heterocycles. The van der Waals surface area contributed by atoms with E-state index >= 15 is 0 Å². The normalized spacial score (nSPS) is 10.5. The summed E-state index contributed by atoms with van der Waals surface area (Å²) in [5.41, 5.74) is 1.00. The number of ether oxygens (including phenoxy) is 1. The highest BCUT2D eigenvalue weighted by Gasteiger charge is 2.21. The van der Waals surface area contributed by atoms with Crippen LogP contribution in [0.1, 0.15) is 20.0 Å². The minimum Gasteiger partial charge on any atom is -0.465 e. The zero-order chi connectivity index (χ0) is 16.4. The smallest absolute Gasteiger partial charge is 0.350 e. The van der Waals surface area contributed by atoms with Crippen LogP contribution in [0.4, 0.5) is 5.69 Å². The van der Waals surface area contributed by atoms with Gasteiger partial charge in [-0.3, -0.25) is 4.79 Å². The summed E-state index contributed by atoms with van der Waals surface area (Å²) in [4.78, 5) is 24.8. The van der Waals surface area contributed by atoms with Crippen molar-refractivity contribution < 1.29 is 14.3 Å². The maximum Gasteiger partial charge on any atom is 0.350 e. The second-order valence-electron chi connectivity index (χ2n) is 4.75. The molecule has 4 nitrogen and oxygen atoms in total. The van der Waals surface area contributed by atoms with Crippen LogP contribution in [0.2, 0.25) is 0 Å². The van der Waals surface area contributed by atoms with Crippen LogP contribution < -0.4 is 5.32 Å². The zero-order valence-electron chi connectivity index (χ0n) is 12.1. The molecule has 1 heterocycles. The second-order valence-corrected chi connectivity index (χ2v) is 6.72. The van der Waals surface area contributed by atoms with Gasteiger partial charge in [-0.05, 0) is 30.3 Å². The fourth-order valence-corrected chi connectivity index (χ4v) is 3.53. The molecule has 116 valence electrons. The molecule has 0 unspecified atom stereocenters. The first-order chi connectivity index (χ1) is 11.1. The van der Waals surface area contributed by atoms with Gasteiger partial charge in [0, 0.05) is 20.1 Å². The summed E-state index contributed by atoms with van der Waals surface area (Å²) in [5.74, 6) is -0.733. The van der Waals surface area contributed by atoms with Crippen LogP contribution >= 0.6 is 27.3 Å². The molecule has 0 radical (unpaired) electrons. The molecule has 1 N–H and O–H groups in total. The lowest BCUT2D eigenvalue weighted by atomic mass is 10.2. The Hall–Kier alpha value is -2.18. The maximum atomic E-state index is 12.5. The number of hydrogen-bond acceptors (Lipinski definition) is 4. The van der Waals surface area contributed by atoms with Crippen LogP contribution in [-0.2, 0) is 4.74 Å². The molecule has 0 saturated carbocycles. The average Bonchev–Trinajstić information content (AvgIpc) is 2.93. The van der Waals surface area contributed by atoms with Crippen molar-refractivity contribution in [2.75, 3.05) is 12.4 Å². The number of fused-ring (bicyclic) bond motifs is 1. The third-order valence-electron chi connectivity index (χ3n) is 3.31. The summed E-state index contributed by atoms with van der Waals surface area (Å²) in [5, 5.41) is 3.66. The van der Waals surface area contributed by atoms with Crippen LogP contribution in [0.5, 0.6) is 0 Å². The number of hydrogen-bond donors (Lipinski definition) is 1. The summed E-state index contributed by atoms with van der Waals surface area (Å²) in [6.45, 7) is 0. The lowest BCUT2D eigenvalue weighted by Crippen LogP contribution is -2.14. The fourth-order valence-electron chi connectivity index (χ4n) is 2.19. The predicted octanol–water partition coefficient (Wildman–Crippen LogP) is 4.70. The molecule has 3 rings (SSSR count). The van der Waals surface area contributed by atoms with Crippen LogP contribution in [0, 0.1) is 0 Å². The monoisotopic (exact) mass is 389 g/mol. The van der Waals surface area contributed by atoms with Gasteiger partial charge in [-0.2, -0.15) is 0 Å². The summed E-state index contributed by atoms with van der Waals surface area (Å²) in [6.07, 6.45) is 0. The molecule has 0 atom stereocenters. The Morgan fingerprint density at radius 1 is 1.09 bits per heavy atom. The van der Waals surface area contributed by atoms with E-state index in [0.29, 0.717) is 16.1 Å². The van der Waals surface area contributed by atoms with Gasteiger partial charge in [-0.1, -0.05) is 34.1 Å². The summed E-state index contributed by atoms with van der Waals surface area (Å²) in [6, 6.07) is 14.5. The number of anilines is 1. The first kappa shape index (κ1) is 15.7. The molecule has 3 aromatic rings. The van der Waals surface area contributed by atoms with Crippen LogP contribution in [-0.4, -0.2) is 19.0 Å². The Bertz CT molecular complexity index is 886. The van der Waals surface area contributed by atoms with Crippen LogP contribution in [0.3, 0.4) is 0 Å². The molecule has 6 heteroatoms. The summed E-state index contributed by atoms with van der Waals surface area (Å²) < 4.78 is 6.63. The van der Waals surface area contributed by atoms with Gasteiger partial charge < -0.3 is 10.1 Å². The highest BCUT2D eigenvalue weighted by atomic mass is 79.9. The number of amides is 1. The molecule has 0 bridgehead atoms. The van der Waals surface area contributed by atoms with Crippen molar-refractivity contribution in [2.45, 2.75) is 0 Å². The van der Waals surface area contributed by atoms with Gasteiger partial charge in [0.15, 0.2) is 0 Å². The van der Waals surface area contributed by atoms with E-state index in [1.807, 2.05) is 24.3 Å². The summed E-state index contributed by atoms with van der Waals surface area (Å²) in [7, 11) is 1.33. The number of thiophene rings is 1. The van der Waals surface area contributed by atoms with Crippen molar-refractivity contribution in [1.82, 2.24) is 0 Å². The molecular weight excluding hydrogens is 378 g/mol. The number of esters is 1. The molecule has 2 aromatic carbocycles. The van der Waals surface area contributed by atoms with Gasteiger partial charge in [0.2, 0.25) is 0 Å². The van der Waals surface area contributed by atoms with Gasteiger partial charge in [0.05, 0.1) is 12.8 Å². The lowest BCUT2D eigenvalue weighted by molar-refractivity contribution is 0.0607. The number of methoxy groups -OCH3 is 1. The molecule has 0 spiro atoms. The maximum absolute atomic E-state index is 12.5. The van der Waals surface area contributed by atoms with E-state index < -0.39 is 5.97 Å². The lowest BCUT2D eigenvalue weighted by Gasteiger charge is -2.07. The fraction of sp³-hybridized carbons (Fsp3) is 0.0588. The largest absolute Gasteiger partial charge is 0.465 e. The molecule has 0 aliphatic carbocycles. The van der Waals surface area contributed by atoms with E-state index in [1.165, 1.54) is 18.4 Å². The van der Waals surface area contributed by atoms with Crippen molar-refractivity contribution in [1.29, 1.82) is 0 Å². The Labute approximate surface area is 145 Å². The number of nitrogens with one attached hydrogen (secondary N) is 1. The Morgan fingerprint density at radius 2 is 1.78 bits per heavy atom. The minimum atomic E-state index is -0.461. The van der Waals surface area contributed by atoms with E-state index in [-0.39, 0.29) is 5.91 Å². The Kier molecular flexibility index (Phi) is 4.45. The number of benzene rings is 2. The van der Waals surface area contributed by atoms with Crippen molar-refractivity contribution in [3.05, 3.63) is 63.4 Å². The third kappa shape index (κ3) is 3.13.